The van der Waals surface area contributed by atoms with Gasteiger partial charge in [0.15, 0.2) is 5.78 Å². The molecule has 1 saturated heterocycles. The third-order valence-electron chi connectivity index (χ3n) is 9.08. The molecule has 9 nitrogen and oxygen atoms in total. The van der Waals surface area contributed by atoms with Crippen LogP contribution in [-0.2, 0) is 20.7 Å². The zero-order chi connectivity index (χ0) is 34.2. The number of nitrogens with zero attached hydrogens (tertiary/aromatic N) is 1. The van der Waals surface area contributed by atoms with Crippen molar-refractivity contribution >= 4 is 17.5 Å². The molecular formula is C38H55NO8. The molecule has 0 bridgehead atoms. The van der Waals surface area contributed by atoms with Crippen molar-refractivity contribution in [1.82, 2.24) is 4.90 Å². The number of amides is 1. The average Bonchev–Trinajstić information content (AvgIpc) is 3.07. The van der Waals surface area contributed by atoms with Crippen molar-refractivity contribution in [2.45, 2.75) is 122 Å². The fourth-order valence-electron chi connectivity index (χ4n) is 5.92. The van der Waals surface area contributed by atoms with Crippen molar-refractivity contribution < 1.29 is 39.2 Å². The number of carbonyl (C=O) groups is 3. The maximum absolute atomic E-state index is 13.0. The van der Waals surface area contributed by atoms with E-state index in [2.05, 4.69) is 6.92 Å². The number of ketones is 2. The monoisotopic (exact) mass is 653 g/mol. The van der Waals surface area contributed by atoms with Crippen LogP contribution in [0.3, 0.4) is 0 Å². The van der Waals surface area contributed by atoms with E-state index in [4.69, 9.17) is 9.47 Å². The maximum Gasteiger partial charge on any atom is 0.222 e. The van der Waals surface area contributed by atoms with Crippen molar-refractivity contribution in [2.75, 3.05) is 19.7 Å². The molecule has 1 aliphatic heterocycles. The van der Waals surface area contributed by atoms with E-state index in [1.807, 2.05) is 54.3 Å². The first-order chi connectivity index (χ1) is 22.6. The Morgan fingerprint density at radius 2 is 1.55 bits per heavy atom. The largest absolute Gasteiger partial charge is 0.465 e. The lowest BCUT2D eigenvalue weighted by Crippen LogP contribution is -2.56. The van der Waals surface area contributed by atoms with E-state index in [1.54, 1.807) is 13.0 Å². The highest BCUT2D eigenvalue weighted by Crippen LogP contribution is 2.29. The summed E-state index contributed by atoms with van der Waals surface area (Å²) in [6, 6.07) is 14.8. The van der Waals surface area contributed by atoms with Gasteiger partial charge in [0.05, 0.1) is 12.7 Å². The van der Waals surface area contributed by atoms with Gasteiger partial charge in [-0.15, -0.1) is 0 Å². The number of hydrogen-bond donors (Lipinski definition) is 3. The van der Waals surface area contributed by atoms with Crippen molar-refractivity contribution in [3.63, 3.8) is 0 Å². The average molecular weight is 654 g/mol. The van der Waals surface area contributed by atoms with Gasteiger partial charge in [-0.05, 0) is 49.4 Å². The Bertz CT molecular complexity index is 1250. The van der Waals surface area contributed by atoms with Crippen LogP contribution >= 0.6 is 0 Å². The van der Waals surface area contributed by atoms with Gasteiger partial charge >= 0.3 is 0 Å². The number of aryl methyl sites for hydroxylation is 1. The van der Waals surface area contributed by atoms with E-state index in [0.29, 0.717) is 31.7 Å². The second-order valence-electron chi connectivity index (χ2n) is 12.9. The van der Waals surface area contributed by atoms with Crippen LogP contribution in [0, 0.1) is 12.8 Å². The van der Waals surface area contributed by atoms with Gasteiger partial charge in [-0.3, -0.25) is 14.4 Å². The Hall–Kier alpha value is -3.11. The van der Waals surface area contributed by atoms with Crippen LogP contribution in [0.25, 0.3) is 0 Å². The molecule has 1 fully saturated rings. The summed E-state index contributed by atoms with van der Waals surface area (Å²) in [6.07, 6.45) is 5.13. The SMILES string of the molecule is CCCCCC(=O)N(CCCCCCCC(=O)c1ccccc1)CCC(=O)Cc1ccc(OC2OC(CO)C(O)C(O)C2C)cc1C. The van der Waals surface area contributed by atoms with Gasteiger partial charge in [-0.2, -0.15) is 0 Å². The summed E-state index contributed by atoms with van der Waals surface area (Å²) < 4.78 is 11.6. The van der Waals surface area contributed by atoms with Gasteiger partial charge in [0.1, 0.15) is 23.7 Å². The minimum absolute atomic E-state index is 0.0587. The van der Waals surface area contributed by atoms with Crippen LogP contribution in [0.15, 0.2) is 48.5 Å². The molecule has 0 aliphatic carbocycles. The molecule has 1 amide bonds. The van der Waals surface area contributed by atoms with Gasteiger partial charge in [0, 0.05) is 50.3 Å². The molecule has 2 aromatic carbocycles. The topological polar surface area (TPSA) is 134 Å². The van der Waals surface area contributed by atoms with Gasteiger partial charge in [0.25, 0.3) is 0 Å². The third-order valence-corrected chi connectivity index (χ3v) is 9.08. The van der Waals surface area contributed by atoms with Crippen LogP contribution in [0.4, 0.5) is 0 Å². The number of Topliss-reactive ketones (excluding diaryl/α,β-unsaturated/α-hetero) is 2. The quantitative estimate of drug-likeness (QED) is 0.117. The highest BCUT2D eigenvalue weighted by molar-refractivity contribution is 5.95. The lowest BCUT2D eigenvalue weighted by atomic mass is 9.92. The highest BCUT2D eigenvalue weighted by atomic mass is 16.7. The van der Waals surface area contributed by atoms with Gasteiger partial charge in [-0.1, -0.05) is 82.3 Å². The highest BCUT2D eigenvalue weighted by Gasteiger charge is 2.43. The zero-order valence-corrected chi connectivity index (χ0v) is 28.4. The minimum Gasteiger partial charge on any atom is -0.465 e. The zero-order valence-electron chi connectivity index (χ0n) is 28.4. The molecular weight excluding hydrogens is 598 g/mol. The smallest absolute Gasteiger partial charge is 0.222 e. The molecule has 1 aliphatic rings. The normalized spacial score (nSPS) is 20.9. The number of ether oxygens (including phenoxy) is 2. The van der Waals surface area contributed by atoms with E-state index >= 15 is 0 Å². The van der Waals surface area contributed by atoms with E-state index in [0.717, 1.165) is 68.1 Å². The fraction of sp³-hybridized carbons (Fsp3) is 0.605. The summed E-state index contributed by atoms with van der Waals surface area (Å²) in [5, 5.41) is 29.9. The lowest BCUT2D eigenvalue weighted by Gasteiger charge is -2.40. The molecule has 9 heteroatoms. The first kappa shape index (κ1) is 38.3. The van der Waals surface area contributed by atoms with E-state index in [1.165, 1.54) is 0 Å². The second-order valence-corrected chi connectivity index (χ2v) is 12.9. The number of benzene rings is 2. The van der Waals surface area contributed by atoms with Crippen LogP contribution < -0.4 is 4.74 Å². The molecule has 47 heavy (non-hydrogen) atoms. The van der Waals surface area contributed by atoms with Crippen molar-refractivity contribution in [3.05, 3.63) is 65.2 Å². The Labute approximate surface area is 280 Å². The Kier molecular flexibility index (Phi) is 16.6. The number of unbranched alkanes of at least 4 members (excludes halogenated alkanes) is 6. The minimum atomic E-state index is -1.19. The van der Waals surface area contributed by atoms with E-state index < -0.39 is 37.1 Å². The predicted molar refractivity (Wildman–Crippen MR) is 181 cm³/mol. The molecule has 0 aromatic heterocycles. The number of aliphatic hydroxyl groups excluding tert-OH is 3. The molecule has 5 atom stereocenters. The number of hydrogen-bond acceptors (Lipinski definition) is 8. The van der Waals surface area contributed by atoms with Gasteiger partial charge in [0.2, 0.25) is 12.2 Å². The van der Waals surface area contributed by atoms with E-state index in [9.17, 15) is 29.7 Å². The summed E-state index contributed by atoms with van der Waals surface area (Å²) in [5.74, 6) is 0.336. The molecule has 1 heterocycles. The third kappa shape index (κ3) is 12.5. The fourth-order valence-corrected chi connectivity index (χ4v) is 5.92. The summed E-state index contributed by atoms with van der Waals surface area (Å²) in [7, 11) is 0. The van der Waals surface area contributed by atoms with Crippen LogP contribution in [-0.4, -0.2) is 82.0 Å². The Morgan fingerprint density at radius 3 is 2.26 bits per heavy atom. The van der Waals surface area contributed by atoms with Gasteiger partial charge in [-0.25, -0.2) is 0 Å². The molecule has 0 saturated carbocycles. The van der Waals surface area contributed by atoms with Crippen LogP contribution in [0.5, 0.6) is 5.75 Å². The molecule has 0 spiro atoms. The summed E-state index contributed by atoms with van der Waals surface area (Å²) in [4.78, 5) is 40.2. The molecule has 3 N–H and O–H groups in total. The van der Waals surface area contributed by atoms with Crippen molar-refractivity contribution in [2.24, 2.45) is 5.92 Å². The Morgan fingerprint density at radius 1 is 0.851 bits per heavy atom. The number of carbonyl (C=O) groups excluding carboxylic acids is 3. The second kappa shape index (κ2) is 20.3. The lowest BCUT2D eigenvalue weighted by molar-refractivity contribution is -0.256. The summed E-state index contributed by atoms with van der Waals surface area (Å²) in [6.45, 7) is 6.33. The molecule has 5 unspecified atom stereocenters. The number of aliphatic hydroxyl groups is 3. The predicted octanol–water partition coefficient (Wildman–Crippen LogP) is 5.58. The van der Waals surface area contributed by atoms with Crippen LogP contribution in [0.2, 0.25) is 0 Å². The summed E-state index contributed by atoms with van der Waals surface area (Å²) >= 11 is 0. The summed E-state index contributed by atoms with van der Waals surface area (Å²) in [5.41, 5.74) is 2.51. The Balaban J connectivity index is 1.45. The molecule has 3 rings (SSSR count). The molecule has 2 aromatic rings. The molecule has 0 radical (unpaired) electrons. The molecule has 260 valence electrons. The van der Waals surface area contributed by atoms with Crippen molar-refractivity contribution in [1.29, 1.82) is 0 Å². The number of rotatable bonds is 21. The van der Waals surface area contributed by atoms with Crippen molar-refractivity contribution in [3.8, 4) is 5.75 Å². The first-order valence-corrected chi connectivity index (χ1v) is 17.4. The van der Waals surface area contributed by atoms with Gasteiger partial charge < -0.3 is 29.7 Å². The standard InChI is InChI=1S/C38H55NO8/c1-4-5-10-18-35(43)39(22-14-8-6-7-13-17-33(42)29-15-11-9-12-16-29)23-21-31(41)25-30-19-20-32(24-27(30)2)46-38-28(3)36(44)37(45)34(26-40)47-38/h9,11-12,15-16,19-20,24,28,34,36-38,40,44-45H,4-8,10,13-14,17-18,21-23,25-26H2,1-3H3. The van der Waals surface area contributed by atoms with Crippen LogP contribution in [0.1, 0.15) is 106 Å². The maximum atomic E-state index is 13.0. The first-order valence-electron chi connectivity index (χ1n) is 17.4. The van der Waals surface area contributed by atoms with E-state index in [-0.39, 0.29) is 30.3 Å².